The Morgan fingerprint density at radius 1 is 0.706 bits per heavy atom. The summed E-state index contributed by atoms with van der Waals surface area (Å²) in [4.78, 5) is 0. The van der Waals surface area contributed by atoms with Gasteiger partial charge in [0.05, 0.1) is 16.6 Å². The van der Waals surface area contributed by atoms with Gasteiger partial charge < -0.3 is 4.57 Å². The van der Waals surface area contributed by atoms with Crippen molar-refractivity contribution in [3.8, 4) is 16.8 Å². The lowest BCUT2D eigenvalue weighted by Gasteiger charge is -2.41. The molecule has 4 aromatic carbocycles. The van der Waals surface area contributed by atoms with Gasteiger partial charge in [-0.25, -0.2) is 0 Å². The molecule has 1 heterocycles. The number of fused-ring (bicyclic) bond motifs is 5. The minimum absolute atomic E-state index is 0.163. The Bertz CT molecular complexity index is 2390. The first-order chi connectivity index (χ1) is 24.9. The van der Waals surface area contributed by atoms with Gasteiger partial charge in [-0.1, -0.05) is 154 Å². The highest BCUT2D eigenvalue weighted by Crippen LogP contribution is 2.63. The number of hydrogen-bond acceptors (Lipinski definition) is 0. The Balaban J connectivity index is 1.22. The fourth-order valence-corrected chi connectivity index (χ4v) is 9.67. The van der Waals surface area contributed by atoms with Crippen LogP contribution in [0.1, 0.15) is 68.8 Å². The largest absolute Gasteiger partial charge is 0.309 e. The fraction of sp³-hybridized carbons (Fsp3) is 0.240. The molecule has 0 aliphatic heterocycles. The molecule has 0 amide bonds. The predicted octanol–water partition coefficient (Wildman–Crippen LogP) is 12.8. The van der Waals surface area contributed by atoms with Crippen molar-refractivity contribution in [1.29, 1.82) is 0 Å². The van der Waals surface area contributed by atoms with Crippen molar-refractivity contribution >= 4 is 22.0 Å². The summed E-state index contributed by atoms with van der Waals surface area (Å²) in [6.07, 6.45) is 24.2. The number of hydrogen-bond donors (Lipinski definition) is 0. The third-order valence-electron chi connectivity index (χ3n) is 12.4. The summed E-state index contributed by atoms with van der Waals surface area (Å²) in [5.74, 6) is 1.82. The van der Waals surface area contributed by atoms with E-state index in [-0.39, 0.29) is 10.8 Å². The van der Waals surface area contributed by atoms with E-state index in [0.29, 0.717) is 17.8 Å². The lowest BCUT2D eigenvalue weighted by atomic mass is 9.61. The molecule has 1 saturated carbocycles. The lowest BCUT2D eigenvalue weighted by molar-refractivity contribution is 0.285. The number of aromatic nitrogens is 1. The maximum Gasteiger partial charge on any atom is 0.0695 e. The molecule has 4 atom stereocenters. The van der Waals surface area contributed by atoms with Crippen LogP contribution >= 0.6 is 0 Å². The molecule has 0 bridgehead atoms. The highest BCUT2D eigenvalue weighted by Gasteiger charge is 2.54. The summed E-state index contributed by atoms with van der Waals surface area (Å²) in [5.41, 5.74) is 16.1. The van der Waals surface area contributed by atoms with E-state index in [2.05, 4.69) is 177 Å². The molecule has 1 nitrogen and oxygen atoms in total. The Kier molecular flexibility index (Phi) is 6.88. The van der Waals surface area contributed by atoms with Crippen LogP contribution in [0.5, 0.6) is 0 Å². The maximum absolute atomic E-state index is 2.65. The number of para-hydroxylation sites is 1. The van der Waals surface area contributed by atoms with Gasteiger partial charge in [0.2, 0.25) is 0 Å². The van der Waals surface area contributed by atoms with Gasteiger partial charge in [-0.2, -0.15) is 0 Å². The zero-order valence-corrected chi connectivity index (χ0v) is 29.9. The monoisotopic (exact) mass is 659 g/mol. The van der Waals surface area contributed by atoms with E-state index in [1.807, 2.05) is 0 Å². The second-order valence-electron chi connectivity index (χ2n) is 16.4. The van der Waals surface area contributed by atoms with E-state index in [0.717, 1.165) is 19.3 Å². The van der Waals surface area contributed by atoms with Crippen molar-refractivity contribution < 1.29 is 0 Å². The summed E-state index contributed by atoms with van der Waals surface area (Å²) in [7, 11) is 0. The maximum atomic E-state index is 2.65. The van der Waals surface area contributed by atoms with Gasteiger partial charge in [0.1, 0.15) is 0 Å². The first kappa shape index (κ1) is 30.7. The molecular formula is C50H45N. The molecule has 5 aliphatic carbocycles. The summed E-state index contributed by atoms with van der Waals surface area (Å²) in [5, 5.41) is 1.35. The Morgan fingerprint density at radius 2 is 1.47 bits per heavy atom. The van der Waals surface area contributed by atoms with Crippen LogP contribution in [0.25, 0.3) is 38.9 Å². The van der Waals surface area contributed by atoms with Crippen LogP contribution in [0.4, 0.5) is 0 Å². The number of benzene rings is 4. The normalized spacial score (nSPS) is 24.6. The molecule has 0 N–H and O–H groups in total. The zero-order valence-electron chi connectivity index (χ0n) is 29.9. The summed E-state index contributed by atoms with van der Waals surface area (Å²) in [6.45, 7) is 7.22. The lowest BCUT2D eigenvalue weighted by Crippen LogP contribution is -2.34. The van der Waals surface area contributed by atoms with Crippen molar-refractivity contribution in [3.05, 3.63) is 185 Å². The van der Waals surface area contributed by atoms with Crippen LogP contribution in [-0.4, -0.2) is 4.57 Å². The Morgan fingerprint density at radius 3 is 2.24 bits per heavy atom. The Labute approximate surface area is 302 Å². The van der Waals surface area contributed by atoms with E-state index in [1.54, 1.807) is 5.57 Å². The molecule has 0 spiro atoms. The average molecular weight is 660 g/mol. The third-order valence-corrected chi connectivity index (χ3v) is 12.4. The van der Waals surface area contributed by atoms with Crippen LogP contribution in [0.2, 0.25) is 0 Å². The van der Waals surface area contributed by atoms with Crippen LogP contribution in [-0.2, 0) is 5.41 Å². The smallest absolute Gasteiger partial charge is 0.0695 e. The van der Waals surface area contributed by atoms with Gasteiger partial charge in [-0.15, -0.1) is 0 Å². The second kappa shape index (κ2) is 11.4. The van der Waals surface area contributed by atoms with Crippen molar-refractivity contribution in [3.63, 3.8) is 0 Å². The quantitative estimate of drug-likeness (QED) is 0.177. The SMILES string of the molecule is CC(C)(C)C1C=CC2=C(C1)C(C1=CC3CC3C=C1)(c1ccccc1)c1c2n(-c2ccc(-c3ccccc3C3=CCCC=C3)cc2)c2ccccc12. The summed E-state index contributed by atoms with van der Waals surface area (Å²) < 4.78 is 2.58. The van der Waals surface area contributed by atoms with Crippen LogP contribution in [0, 0.1) is 23.2 Å². The van der Waals surface area contributed by atoms with Gasteiger partial charge in [0.15, 0.2) is 0 Å². The molecule has 1 fully saturated rings. The van der Waals surface area contributed by atoms with Gasteiger partial charge in [0, 0.05) is 16.6 Å². The molecule has 4 unspecified atom stereocenters. The van der Waals surface area contributed by atoms with Crippen molar-refractivity contribution in [2.75, 3.05) is 0 Å². The van der Waals surface area contributed by atoms with Crippen LogP contribution in [0.15, 0.2) is 163 Å². The Hall–Kier alpha value is -5.14. The van der Waals surface area contributed by atoms with Crippen molar-refractivity contribution in [1.82, 2.24) is 4.57 Å². The molecule has 5 aliphatic rings. The molecule has 250 valence electrons. The van der Waals surface area contributed by atoms with E-state index in [1.165, 1.54) is 73.2 Å². The standard InChI is InChI=1S/C50H45N/c1-49(2,3)38-26-29-43-45(32-38)50(37-16-8-5-9-17-37,39-25-22-35-30-36(35)31-39)47-44-20-12-13-21-46(44)51(48(43)47)40-27-23-34(24-28-40)42-19-11-10-18-41(42)33-14-6-4-7-15-33/h5-6,8-29,31,35-36,38H,4,7,30,32H2,1-3H3. The average Bonchev–Trinajstić information content (AvgIpc) is 3.79. The summed E-state index contributed by atoms with van der Waals surface area (Å²) >= 11 is 0. The molecule has 10 rings (SSSR count). The molecule has 0 saturated heterocycles. The van der Waals surface area contributed by atoms with Gasteiger partial charge >= 0.3 is 0 Å². The topological polar surface area (TPSA) is 4.93 Å². The van der Waals surface area contributed by atoms with Crippen LogP contribution < -0.4 is 0 Å². The van der Waals surface area contributed by atoms with Gasteiger partial charge in [0.25, 0.3) is 0 Å². The molecule has 1 heteroatoms. The predicted molar refractivity (Wildman–Crippen MR) is 215 cm³/mol. The first-order valence-corrected chi connectivity index (χ1v) is 19.0. The number of rotatable bonds is 5. The van der Waals surface area contributed by atoms with E-state index < -0.39 is 0 Å². The minimum Gasteiger partial charge on any atom is -0.309 e. The molecule has 51 heavy (non-hydrogen) atoms. The molecule has 0 radical (unpaired) electrons. The first-order valence-electron chi connectivity index (χ1n) is 19.0. The molecular weight excluding hydrogens is 615 g/mol. The second-order valence-corrected chi connectivity index (χ2v) is 16.4. The summed E-state index contributed by atoms with van der Waals surface area (Å²) in [6, 6.07) is 38.9. The highest BCUT2D eigenvalue weighted by atomic mass is 15.0. The van der Waals surface area contributed by atoms with Gasteiger partial charge in [-0.05, 0) is 112 Å². The number of allylic oxidation sites excluding steroid dienone is 12. The van der Waals surface area contributed by atoms with Gasteiger partial charge in [-0.3, -0.25) is 0 Å². The minimum atomic E-state index is -0.352. The molecule has 5 aromatic rings. The van der Waals surface area contributed by atoms with Crippen LogP contribution in [0.3, 0.4) is 0 Å². The van der Waals surface area contributed by atoms with Crippen molar-refractivity contribution in [2.45, 2.75) is 51.9 Å². The highest BCUT2D eigenvalue weighted by molar-refractivity contribution is 6.03. The van der Waals surface area contributed by atoms with Crippen molar-refractivity contribution in [2.24, 2.45) is 23.2 Å². The zero-order chi connectivity index (χ0) is 34.3. The third kappa shape index (κ3) is 4.67. The van der Waals surface area contributed by atoms with E-state index in [9.17, 15) is 0 Å². The number of nitrogens with zero attached hydrogens (tertiary/aromatic N) is 1. The van der Waals surface area contributed by atoms with E-state index in [4.69, 9.17) is 0 Å². The fourth-order valence-electron chi connectivity index (χ4n) is 9.67. The molecule has 1 aromatic heterocycles. The van der Waals surface area contributed by atoms with E-state index >= 15 is 0 Å².